The fourth-order valence-corrected chi connectivity index (χ4v) is 3.26. The summed E-state index contributed by atoms with van der Waals surface area (Å²) < 4.78 is 9.92. The fourth-order valence-electron chi connectivity index (χ4n) is 3.26. The first kappa shape index (κ1) is 17.8. The van der Waals surface area contributed by atoms with Gasteiger partial charge in [-0.2, -0.15) is 0 Å². The lowest BCUT2D eigenvalue weighted by Gasteiger charge is -2.33. The normalized spacial score (nSPS) is 16.5. The van der Waals surface area contributed by atoms with Gasteiger partial charge in [0.05, 0.1) is 25.4 Å². The van der Waals surface area contributed by atoms with Crippen LogP contribution in [0.3, 0.4) is 0 Å². The maximum absolute atomic E-state index is 12.4. The smallest absolute Gasteiger partial charge is 0.336 e. The summed E-state index contributed by atoms with van der Waals surface area (Å²) in [5, 5.41) is 3.10. The van der Waals surface area contributed by atoms with Crippen LogP contribution in [0.2, 0.25) is 0 Å². The topological polar surface area (TPSA) is 64.6 Å². The number of nitrogens with one attached hydrogen (secondary N) is 1. The lowest BCUT2D eigenvalue weighted by atomic mass is 9.74. The van der Waals surface area contributed by atoms with Crippen LogP contribution in [0, 0.1) is 5.92 Å². The highest BCUT2D eigenvalue weighted by Gasteiger charge is 2.39. The first-order valence-electron chi connectivity index (χ1n) is 7.82. The molecule has 0 aliphatic carbocycles. The average Bonchev–Trinajstić information content (AvgIpc) is 2.60. The van der Waals surface area contributed by atoms with Gasteiger partial charge in [-0.15, -0.1) is 0 Å². The van der Waals surface area contributed by atoms with Gasteiger partial charge in [0.15, 0.2) is 0 Å². The predicted molar refractivity (Wildman–Crippen MR) is 90.9 cm³/mol. The molecule has 0 bridgehead atoms. The van der Waals surface area contributed by atoms with E-state index in [9.17, 15) is 9.59 Å². The van der Waals surface area contributed by atoms with Crippen LogP contribution < -0.4 is 5.32 Å². The van der Waals surface area contributed by atoms with Gasteiger partial charge in [-0.05, 0) is 25.3 Å². The minimum Gasteiger partial charge on any atom is -0.466 e. The Hall–Kier alpha value is -2.56. The highest BCUT2D eigenvalue weighted by atomic mass is 16.5. The van der Waals surface area contributed by atoms with Gasteiger partial charge in [0, 0.05) is 17.3 Å². The standard InChI is InChI=1S/C19H23NO4/c1-11(14-9-7-6-8-10-14)15-16(18(21)23-4)12(2)20-13(3)17(15)19(22)24-5/h6-11,15,20H,1-5H3/t11-/m1/s1. The highest BCUT2D eigenvalue weighted by molar-refractivity contribution is 5.98. The molecular weight excluding hydrogens is 306 g/mol. The number of esters is 2. The highest BCUT2D eigenvalue weighted by Crippen LogP contribution is 2.40. The number of dihydropyridines is 1. The molecule has 1 aromatic carbocycles. The van der Waals surface area contributed by atoms with E-state index >= 15 is 0 Å². The maximum atomic E-state index is 12.4. The minimum atomic E-state index is -0.443. The molecule has 1 aliphatic heterocycles. The van der Waals surface area contributed by atoms with Crippen molar-refractivity contribution >= 4 is 11.9 Å². The van der Waals surface area contributed by atoms with Crippen LogP contribution >= 0.6 is 0 Å². The van der Waals surface area contributed by atoms with E-state index in [1.807, 2.05) is 51.1 Å². The first-order valence-corrected chi connectivity index (χ1v) is 7.82. The summed E-state index contributed by atoms with van der Waals surface area (Å²) in [7, 11) is 2.69. The molecule has 1 aromatic rings. The first-order chi connectivity index (χ1) is 11.4. The van der Waals surface area contributed by atoms with E-state index in [1.165, 1.54) is 14.2 Å². The molecule has 1 N–H and O–H groups in total. The number of carbonyl (C=O) groups excluding carboxylic acids is 2. The van der Waals surface area contributed by atoms with Crippen molar-refractivity contribution in [3.8, 4) is 0 Å². The van der Waals surface area contributed by atoms with E-state index in [2.05, 4.69) is 5.32 Å². The second-order valence-electron chi connectivity index (χ2n) is 5.86. The van der Waals surface area contributed by atoms with Crippen molar-refractivity contribution in [2.24, 2.45) is 5.92 Å². The van der Waals surface area contributed by atoms with Gasteiger partial charge in [0.25, 0.3) is 0 Å². The quantitative estimate of drug-likeness (QED) is 0.861. The zero-order valence-corrected chi connectivity index (χ0v) is 14.7. The lowest BCUT2D eigenvalue weighted by molar-refractivity contribution is -0.137. The fraction of sp³-hybridized carbons (Fsp3) is 0.368. The third-order valence-electron chi connectivity index (χ3n) is 4.44. The van der Waals surface area contributed by atoms with Crippen molar-refractivity contribution in [3.63, 3.8) is 0 Å². The van der Waals surface area contributed by atoms with E-state index in [1.54, 1.807) is 0 Å². The lowest BCUT2D eigenvalue weighted by Crippen LogP contribution is -2.35. The summed E-state index contributed by atoms with van der Waals surface area (Å²) >= 11 is 0. The van der Waals surface area contributed by atoms with Gasteiger partial charge >= 0.3 is 11.9 Å². The van der Waals surface area contributed by atoms with E-state index in [-0.39, 0.29) is 5.92 Å². The van der Waals surface area contributed by atoms with Gasteiger partial charge in [-0.25, -0.2) is 9.59 Å². The molecule has 0 fully saturated rings. The summed E-state index contributed by atoms with van der Waals surface area (Å²) in [5.41, 5.74) is 3.34. The van der Waals surface area contributed by atoms with Gasteiger partial charge in [-0.3, -0.25) is 0 Å². The predicted octanol–water partition coefficient (Wildman–Crippen LogP) is 2.90. The number of rotatable bonds is 4. The molecular formula is C19H23NO4. The summed E-state index contributed by atoms with van der Waals surface area (Å²) in [4.78, 5) is 24.8. The molecule has 1 aliphatic rings. The molecule has 0 aromatic heterocycles. The molecule has 24 heavy (non-hydrogen) atoms. The number of ether oxygens (including phenoxy) is 2. The van der Waals surface area contributed by atoms with Crippen LogP contribution in [0.15, 0.2) is 52.9 Å². The van der Waals surface area contributed by atoms with Crippen LogP contribution in [0.1, 0.15) is 32.3 Å². The summed E-state index contributed by atoms with van der Waals surface area (Å²) in [5.74, 6) is -1.42. The third kappa shape index (κ3) is 3.20. The number of hydrogen-bond acceptors (Lipinski definition) is 5. The maximum Gasteiger partial charge on any atom is 0.336 e. The zero-order valence-electron chi connectivity index (χ0n) is 14.7. The third-order valence-corrected chi connectivity index (χ3v) is 4.44. The Kier molecular flexibility index (Phi) is 5.44. The number of allylic oxidation sites excluding steroid dienone is 2. The molecule has 0 spiro atoms. The van der Waals surface area contributed by atoms with E-state index in [0.717, 1.165) is 5.56 Å². The molecule has 0 saturated heterocycles. The second-order valence-corrected chi connectivity index (χ2v) is 5.86. The Morgan fingerprint density at radius 1 is 0.958 bits per heavy atom. The molecule has 0 radical (unpaired) electrons. The van der Waals surface area contributed by atoms with Gasteiger partial charge in [0.2, 0.25) is 0 Å². The van der Waals surface area contributed by atoms with Crippen molar-refractivity contribution in [2.75, 3.05) is 14.2 Å². The van der Waals surface area contributed by atoms with Gasteiger partial charge < -0.3 is 14.8 Å². The zero-order chi connectivity index (χ0) is 17.9. The Bertz CT molecular complexity index is 665. The SMILES string of the molecule is COC(=O)C1=C(C)NC(C)=C(C(=O)OC)C1[C@H](C)c1ccccc1. The Morgan fingerprint density at radius 3 is 1.83 bits per heavy atom. The van der Waals surface area contributed by atoms with E-state index in [4.69, 9.17) is 9.47 Å². The largest absolute Gasteiger partial charge is 0.466 e. The van der Waals surface area contributed by atoms with E-state index < -0.39 is 17.9 Å². The van der Waals surface area contributed by atoms with Crippen molar-refractivity contribution < 1.29 is 19.1 Å². The molecule has 0 unspecified atom stereocenters. The summed E-state index contributed by atoms with van der Waals surface area (Å²) in [6.45, 7) is 5.63. The molecule has 0 amide bonds. The van der Waals surface area contributed by atoms with Crippen LogP contribution in [0.25, 0.3) is 0 Å². The number of methoxy groups -OCH3 is 2. The van der Waals surface area contributed by atoms with Crippen molar-refractivity contribution in [3.05, 3.63) is 58.4 Å². The summed E-state index contributed by atoms with van der Waals surface area (Å²) in [6.07, 6.45) is 0. The van der Waals surface area contributed by atoms with Crippen LogP contribution in [0.4, 0.5) is 0 Å². The molecule has 0 saturated carbocycles. The average molecular weight is 329 g/mol. The van der Waals surface area contributed by atoms with Crippen molar-refractivity contribution in [2.45, 2.75) is 26.7 Å². The Labute approximate surface area is 142 Å². The second kappa shape index (κ2) is 7.34. The molecule has 5 heteroatoms. The van der Waals surface area contributed by atoms with E-state index in [0.29, 0.717) is 22.5 Å². The van der Waals surface area contributed by atoms with Crippen LogP contribution in [0.5, 0.6) is 0 Å². The van der Waals surface area contributed by atoms with Crippen LogP contribution in [-0.2, 0) is 19.1 Å². The summed E-state index contributed by atoms with van der Waals surface area (Å²) in [6, 6.07) is 9.79. The van der Waals surface area contributed by atoms with Crippen molar-refractivity contribution in [1.82, 2.24) is 5.32 Å². The number of carbonyl (C=O) groups is 2. The number of hydrogen-bond donors (Lipinski definition) is 1. The molecule has 1 atom stereocenters. The van der Waals surface area contributed by atoms with Crippen LogP contribution in [-0.4, -0.2) is 26.2 Å². The van der Waals surface area contributed by atoms with Gasteiger partial charge in [-0.1, -0.05) is 37.3 Å². The van der Waals surface area contributed by atoms with Gasteiger partial charge in [0.1, 0.15) is 0 Å². The monoisotopic (exact) mass is 329 g/mol. The number of benzene rings is 1. The molecule has 1 heterocycles. The Morgan fingerprint density at radius 2 is 1.42 bits per heavy atom. The molecule has 5 nitrogen and oxygen atoms in total. The van der Waals surface area contributed by atoms with Crippen molar-refractivity contribution in [1.29, 1.82) is 0 Å². The molecule has 128 valence electrons. The minimum absolute atomic E-state index is 0.0959. The Balaban J connectivity index is 2.61. The molecule has 2 rings (SSSR count).